The maximum absolute atomic E-state index is 5.42. The molecular weight excluding hydrogens is 204 g/mol. The summed E-state index contributed by atoms with van der Waals surface area (Å²) in [6.07, 6.45) is 6.73. The van der Waals surface area contributed by atoms with Gasteiger partial charge in [-0.1, -0.05) is 0 Å². The molecule has 98 valence electrons. The van der Waals surface area contributed by atoms with E-state index in [1.54, 1.807) is 0 Å². The molecule has 0 amide bonds. The summed E-state index contributed by atoms with van der Waals surface area (Å²) in [6, 6.07) is 0. The van der Waals surface area contributed by atoms with E-state index in [1.807, 2.05) is 0 Å². The summed E-state index contributed by atoms with van der Waals surface area (Å²) in [5, 5.41) is 0. The van der Waals surface area contributed by atoms with Crippen LogP contribution in [0.2, 0.25) is 0 Å². The molecule has 0 radical (unpaired) electrons. The van der Waals surface area contributed by atoms with E-state index in [0.29, 0.717) is 13.2 Å². The molecule has 0 unspecified atom stereocenters. The molecule has 16 heavy (non-hydrogen) atoms. The van der Waals surface area contributed by atoms with E-state index in [9.17, 15) is 0 Å². The van der Waals surface area contributed by atoms with Crippen LogP contribution < -0.4 is 11.5 Å². The highest BCUT2D eigenvalue weighted by Gasteiger charge is 1.91. The molecule has 0 aliphatic carbocycles. The molecule has 4 N–H and O–H groups in total. The lowest BCUT2D eigenvalue weighted by Crippen LogP contribution is -2.07. The first-order chi connectivity index (χ1) is 7.91. The molecule has 0 aromatic rings. The predicted molar refractivity (Wildman–Crippen MR) is 67.4 cm³/mol. The number of rotatable bonds is 13. The van der Waals surface area contributed by atoms with Crippen molar-refractivity contribution in [3.05, 3.63) is 0 Å². The molecule has 0 saturated carbocycles. The lowest BCUT2D eigenvalue weighted by Gasteiger charge is -2.05. The van der Waals surface area contributed by atoms with Crippen LogP contribution >= 0.6 is 0 Å². The molecule has 0 saturated heterocycles. The van der Waals surface area contributed by atoms with Crippen molar-refractivity contribution in [3.63, 3.8) is 0 Å². The van der Waals surface area contributed by atoms with Crippen LogP contribution in [0, 0.1) is 0 Å². The van der Waals surface area contributed by atoms with E-state index >= 15 is 0 Å². The standard InChI is InChI=1S/C12H28N2O2/c13-7-3-1-5-9-15-11-12-16-10-6-2-4-8-14/h1-14H2. The fourth-order valence-corrected chi connectivity index (χ4v) is 1.37. The highest BCUT2D eigenvalue weighted by molar-refractivity contribution is 4.43. The predicted octanol–water partition coefficient (Wildman–Crippen LogP) is 1.28. The molecule has 4 nitrogen and oxygen atoms in total. The molecule has 0 heterocycles. The number of hydrogen-bond acceptors (Lipinski definition) is 4. The monoisotopic (exact) mass is 232 g/mol. The Morgan fingerprint density at radius 2 is 0.938 bits per heavy atom. The van der Waals surface area contributed by atoms with E-state index in [1.165, 1.54) is 0 Å². The van der Waals surface area contributed by atoms with Gasteiger partial charge in [-0.3, -0.25) is 0 Å². The molecule has 0 rings (SSSR count). The summed E-state index contributed by atoms with van der Waals surface area (Å²) < 4.78 is 10.8. The topological polar surface area (TPSA) is 70.5 Å². The summed E-state index contributed by atoms with van der Waals surface area (Å²) in [5.41, 5.74) is 10.8. The Balaban J connectivity index is 2.83. The van der Waals surface area contributed by atoms with Crippen LogP contribution in [-0.2, 0) is 9.47 Å². The zero-order valence-corrected chi connectivity index (χ0v) is 10.5. The number of hydrogen-bond donors (Lipinski definition) is 2. The summed E-state index contributed by atoms with van der Waals surface area (Å²) >= 11 is 0. The summed E-state index contributed by atoms with van der Waals surface area (Å²) in [6.45, 7) is 4.64. The fraction of sp³-hybridized carbons (Fsp3) is 1.00. The largest absolute Gasteiger partial charge is 0.379 e. The van der Waals surface area contributed by atoms with Crippen LogP contribution in [0.25, 0.3) is 0 Å². The van der Waals surface area contributed by atoms with Crippen molar-refractivity contribution in [2.75, 3.05) is 39.5 Å². The zero-order chi connectivity index (χ0) is 11.9. The SMILES string of the molecule is NCCCCCOCCOCCCCCN. The Bertz CT molecular complexity index is 110. The number of nitrogens with two attached hydrogens (primary N) is 2. The van der Waals surface area contributed by atoms with Crippen LogP contribution in [-0.4, -0.2) is 39.5 Å². The van der Waals surface area contributed by atoms with Gasteiger partial charge in [0.05, 0.1) is 13.2 Å². The average Bonchev–Trinajstić information content (AvgIpc) is 2.31. The molecule has 4 heteroatoms. The second-order valence-corrected chi connectivity index (χ2v) is 3.92. The van der Waals surface area contributed by atoms with Gasteiger partial charge in [0.15, 0.2) is 0 Å². The summed E-state index contributed by atoms with van der Waals surface area (Å²) in [7, 11) is 0. The molecule has 0 fully saturated rings. The van der Waals surface area contributed by atoms with Crippen molar-refractivity contribution < 1.29 is 9.47 Å². The number of unbranched alkanes of at least 4 members (excludes halogenated alkanes) is 4. The van der Waals surface area contributed by atoms with Gasteiger partial charge in [-0.2, -0.15) is 0 Å². The van der Waals surface area contributed by atoms with Gasteiger partial charge in [0, 0.05) is 13.2 Å². The van der Waals surface area contributed by atoms with E-state index in [4.69, 9.17) is 20.9 Å². The number of ether oxygens (including phenoxy) is 2. The highest BCUT2D eigenvalue weighted by atomic mass is 16.5. The Labute approximate surface area is 99.7 Å². The van der Waals surface area contributed by atoms with Crippen molar-refractivity contribution in [2.45, 2.75) is 38.5 Å². The van der Waals surface area contributed by atoms with E-state index in [2.05, 4.69) is 0 Å². The Hall–Kier alpha value is -0.160. The Kier molecular flexibility index (Phi) is 14.7. The van der Waals surface area contributed by atoms with Gasteiger partial charge in [0.25, 0.3) is 0 Å². The molecule has 0 aromatic heterocycles. The van der Waals surface area contributed by atoms with Gasteiger partial charge in [-0.15, -0.1) is 0 Å². The van der Waals surface area contributed by atoms with Crippen molar-refractivity contribution >= 4 is 0 Å². The van der Waals surface area contributed by atoms with Gasteiger partial charge < -0.3 is 20.9 Å². The molecule has 0 aromatic carbocycles. The first-order valence-electron chi connectivity index (χ1n) is 6.47. The normalized spacial score (nSPS) is 10.9. The maximum Gasteiger partial charge on any atom is 0.0700 e. The molecule has 0 aliphatic rings. The Morgan fingerprint density at radius 1 is 0.500 bits per heavy atom. The van der Waals surface area contributed by atoms with Crippen LogP contribution in [0.15, 0.2) is 0 Å². The minimum absolute atomic E-state index is 0.708. The molecular formula is C12H28N2O2. The smallest absolute Gasteiger partial charge is 0.0700 e. The minimum Gasteiger partial charge on any atom is -0.379 e. The quantitative estimate of drug-likeness (QED) is 0.469. The first kappa shape index (κ1) is 15.8. The average molecular weight is 232 g/mol. The Morgan fingerprint density at radius 3 is 1.31 bits per heavy atom. The van der Waals surface area contributed by atoms with Crippen LogP contribution in [0.4, 0.5) is 0 Å². The maximum atomic E-state index is 5.42. The minimum atomic E-state index is 0.708. The van der Waals surface area contributed by atoms with E-state index in [-0.39, 0.29) is 0 Å². The van der Waals surface area contributed by atoms with Crippen LogP contribution in [0.3, 0.4) is 0 Å². The van der Waals surface area contributed by atoms with Crippen LogP contribution in [0.5, 0.6) is 0 Å². The van der Waals surface area contributed by atoms with Crippen molar-refractivity contribution in [1.29, 1.82) is 0 Å². The fourth-order valence-electron chi connectivity index (χ4n) is 1.37. The molecule has 0 spiro atoms. The zero-order valence-electron chi connectivity index (χ0n) is 10.5. The van der Waals surface area contributed by atoms with Gasteiger partial charge in [-0.05, 0) is 51.6 Å². The lowest BCUT2D eigenvalue weighted by molar-refractivity contribution is 0.0450. The second-order valence-electron chi connectivity index (χ2n) is 3.92. The summed E-state index contributed by atoms with van der Waals surface area (Å²) in [4.78, 5) is 0. The summed E-state index contributed by atoms with van der Waals surface area (Å²) in [5.74, 6) is 0. The van der Waals surface area contributed by atoms with E-state index < -0.39 is 0 Å². The van der Waals surface area contributed by atoms with Gasteiger partial charge >= 0.3 is 0 Å². The van der Waals surface area contributed by atoms with Crippen molar-refractivity contribution in [3.8, 4) is 0 Å². The highest BCUT2D eigenvalue weighted by Crippen LogP contribution is 1.95. The van der Waals surface area contributed by atoms with Gasteiger partial charge in [-0.25, -0.2) is 0 Å². The third-order valence-corrected chi connectivity index (χ3v) is 2.36. The lowest BCUT2D eigenvalue weighted by atomic mass is 10.2. The van der Waals surface area contributed by atoms with Crippen LogP contribution in [0.1, 0.15) is 38.5 Å². The second kappa shape index (κ2) is 14.8. The van der Waals surface area contributed by atoms with Gasteiger partial charge in [0.1, 0.15) is 0 Å². The third kappa shape index (κ3) is 13.8. The van der Waals surface area contributed by atoms with E-state index in [0.717, 1.165) is 64.8 Å². The van der Waals surface area contributed by atoms with Crippen molar-refractivity contribution in [1.82, 2.24) is 0 Å². The first-order valence-corrected chi connectivity index (χ1v) is 6.47. The molecule has 0 aliphatic heterocycles. The van der Waals surface area contributed by atoms with Crippen molar-refractivity contribution in [2.24, 2.45) is 11.5 Å². The molecule has 0 atom stereocenters. The molecule has 0 bridgehead atoms. The van der Waals surface area contributed by atoms with Gasteiger partial charge in [0.2, 0.25) is 0 Å². The third-order valence-electron chi connectivity index (χ3n) is 2.36.